The number of rotatable bonds is 8. The van der Waals surface area contributed by atoms with Gasteiger partial charge in [0.25, 0.3) is 0 Å². The first-order chi connectivity index (χ1) is 13.9. The van der Waals surface area contributed by atoms with E-state index in [0.717, 1.165) is 17.7 Å². The third-order valence-corrected chi connectivity index (χ3v) is 5.70. The highest BCUT2D eigenvalue weighted by molar-refractivity contribution is 5.72. The number of piperidine rings is 1. The van der Waals surface area contributed by atoms with Crippen LogP contribution in [0.1, 0.15) is 61.8 Å². The molecule has 4 heteroatoms. The van der Waals surface area contributed by atoms with Crippen molar-refractivity contribution in [2.24, 2.45) is 5.92 Å². The van der Waals surface area contributed by atoms with E-state index in [1.54, 1.807) is 0 Å². The Bertz CT molecular complexity index is 772. The second kappa shape index (κ2) is 10.0. The number of likely N-dealkylation sites (tertiary alicyclic amines) is 1. The van der Waals surface area contributed by atoms with Gasteiger partial charge in [-0.25, -0.2) is 4.79 Å². The molecule has 1 saturated heterocycles. The van der Waals surface area contributed by atoms with Crippen LogP contribution in [-0.2, 0) is 9.53 Å². The molecule has 0 spiro atoms. The summed E-state index contributed by atoms with van der Waals surface area (Å²) in [5.41, 5.74) is 3.33. The van der Waals surface area contributed by atoms with Crippen LogP contribution in [0.4, 0.5) is 0 Å². The average molecular weight is 396 g/mol. The molecule has 0 saturated carbocycles. The summed E-state index contributed by atoms with van der Waals surface area (Å²) in [4.78, 5) is 14.2. The van der Waals surface area contributed by atoms with Crippen molar-refractivity contribution in [1.82, 2.24) is 4.90 Å². The van der Waals surface area contributed by atoms with Crippen LogP contribution in [0.5, 0.6) is 0 Å². The minimum Gasteiger partial charge on any atom is -0.479 e. The SMILES string of the molecule is CC(C)C[C@H](OC(c1ccccc1)c1ccc(C2CCCN(C)C2)cc1)C(=O)O. The predicted molar refractivity (Wildman–Crippen MR) is 116 cm³/mol. The summed E-state index contributed by atoms with van der Waals surface area (Å²) in [5.74, 6) is -0.0914. The van der Waals surface area contributed by atoms with Crippen molar-refractivity contribution in [3.8, 4) is 0 Å². The van der Waals surface area contributed by atoms with Crippen LogP contribution in [0.15, 0.2) is 54.6 Å². The highest BCUT2D eigenvalue weighted by Gasteiger charge is 2.26. The third kappa shape index (κ3) is 5.91. The summed E-state index contributed by atoms with van der Waals surface area (Å²) in [6.45, 7) is 6.30. The molecule has 0 radical (unpaired) electrons. The van der Waals surface area contributed by atoms with Crippen molar-refractivity contribution in [3.05, 3.63) is 71.3 Å². The molecule has 0 bridgehead atoms. The van der Waals surface area contributed by atoms with Gasteiger partial charge in [0.2, 0.25) is 0 Å². The monoisotopic (exact) mass is 395 g/mol. The van der Waals surface area contributed by atoms with E-state index in [9.17, 15) is 9.90 Å². The molecule has 1 aliphatic rings. The molecule has 2 aromatic rings. The van der Waals surface area contributed by atoms with Crippen molar-refractivity contribution in [3.63, 3.8) is 0 Å². The number of aliphatic carboxylic acids is 1. The van der Waals surface area contributed by atoms with Crippen molar-refractivity contribution in [2.45, 2.75) is 51.2 Å². The van der Waals surface area contributed by atoms with E-state index in [-0.39, 0.29) is 12.0 Å². The van der Waals surface area contributed by atoms with Gasteiger partial charge in [0, 0.05) is 6.54 Å². The fourth-order valence-corrected chi connectivity index (χ4v) is 4.17. The van der Waals surface area contributed by atoms with Gasteiger partial charge in [0.05, 0.1) is 0 Å². The van der Waals surface area contributed by atoms with Crippen molar-refractivity contribution < 1.29 is 14.6 Å². The van der Waals surface area contributed by atoms with Gasteiger partial charge in [0.15, 0.2) is 6.10 Å². The Morgan fingerprint density at radius 3 is 2.34 bits per heavy atom. The fraction of sp³-hybridized carbons (Fsp3) is 0.480. The molecule has 3 atom stereocenters. The summed E-state index contributed by atoms with van der Waals surface area (Å²) < 4.78 is 6.19. The summed E-state index contributed by atoms with van der Waals surface area (Å²) in [6.07, 6.45) is 1.72. The lowest BCUT2D eigenvalue weighted by Crippen LogP contribution is -2.30. The predicted octanol–water partition coefficient (Wildman–Crippen LogP) is 5.10. The lowest BCUT2D eigenvalue weighted by Gasteiger charge is -2.30. The number of carbonyl (C=O) groups is 1. The molecular weight excluding hydrogens is 362 g/mol. The molecule has 1 fully saturated rings. The molecule has 156 valence electrons. The van der Waals surface area contributed by atoms with E-state index in [1.807, 2.05) is 44.2 Å². The first kappa shape index (κ1) is 21.5. The van der Waals surface area contributed by atoms with E-state index >= 15 is 0 Å². The van der Waals surface area contributed by atoms with Gasteiger partial charge in [-0.3, -0.25) is 0 Å². The highest BCUT2D eigenvalue weighted by Crippen LogP contribution is 2.32. The zero-order valence-electron chi connectivity index (χ0n) is 17.8. The van der Waals surface area contributed by atoms with Gasteiger partial charge in [-0.2, -0.15) is 0 Å². The highest BCUT2D eigenvalue weighted by atomic mass is 16.5. The van der Waals surface area contributed by atoms with Crippen molar-refractivity contribution in [2.75, 3.05) is 20.1 Å². The van der Waals surface area contributed by atoms with Crippen LogP contribution >= 0.6 is 0 Å². The van der Waals surface area contributed by atoms with E-state index in [2.05, 4.69) is 36.2 Å². The van der Waals surface area contributed by atoms with Crippen LogP contribution in [-0.4, -0.2) is 42.2 Å². The second-order valence-corrected chi connectivity index (χ2v) is 8.65. The van der Waals surface area contributed by atoms with Crippen LogP contribution in [0.25, 0.3) is 0 Å². The van der Waals surface area contributed by atoms with Gasteiger partial charge in [-0.05, 0) is 61.4 Å². The molecule has 3 rings (SSSR count). The smallest absolute Gasteiger partial charge is 0.332 e. The maximum atomic E-state index is 11.8. The fourth-order valence-electron chi connectivity index (χ4n) is 4.17. The Morgan fingerprint density at radius 1 is 1.10 bits per heavy atom. The topological polar surface area (TPSA) is 49.8 Å². The first-order valence-corrected chi connectivity index (χ1v) is 10.7. The van der Waals surface area contributed by atoms with Gasteiger partial charge in [0.1, 0.15) is 6.10 Å². The minimum absolute atomic E-state index is 0.248. The Kier molecular flexibility index (Phi) is 7.45. The summed E-state index contributed by atoms with van der Waals surface area (Å²) in [7, 11) is 2.18. The van der Waals surface area contributed by atoms with Crippen LogP contribution < -0.4 is 0 Å². The summed E-state index contributed by atoms with van der Waals surface area (Å²) in [6, 6.07) is 18.5. The largest absolute Gasteiger partial charge is 0.479 e. The molecule has 1 N–H and O–H groups in total. The lowest BCUT2D eigenvalue weighted by molar-refractivity contribution is -0.154. The lowest BCUT2D eigenvalue weighted by atomic mass is 9.89. The van der Waals surface area contributed by atoms with Crippen LogP contribution in [0.3, 0.4) is 0 Å². The molecule has 0 aliphatic carbocycles. The number of benzene rings is 2. The van der Waals surface area contributed by atoms with E-state index in [1.165, 1.54) is 24.9 Å². The maximum Gasteiger partial charge on any atom is 0.332 e. The number of ether oxygens (including phenoxy) is 1. The summed E-state index contributed by atoms with van der Waals surface area (Å²) in [5, 5.41) is 9.67. The van der Waals surface area contributed by atoms with Crippen molar-refractivity contribution >= 4 is 5.97 Å². The molecule has 1 heterocycles. The Morgan fingerprint density at radius 2 is 1.76 bits per heavy atom. The number of likely N-dealkylation sites (N-methyl/N-ethyl adjacent to an activating group) is 1. The molecule has 2 unspecified atom stereocenters. The van der Waals surface area contributed by atoms with Gasteiger partial charge >= 0.3 is 5.97 Å². The maximum absolute atomic E-state index is 11.8. The number of hydrogen-bond donors (Lipinski definition) is 1. The van der Waals surface area contributed by atoms with Gasteiger partial charge in [-0.15, -0.1) is 0 Å². The Hall–Kier alpha value is -2.17. The van der Waals surface area contributed by atoms with E-state index in [0.29, 0.717) is 12.3 Å². The number of carboxylic acids is 1. The van der Waals surface area contributed by atoms with E-state index < -0.39 is 12.1 Å². The third-order valence-electron chi connectivity index (χ3n) is 5.70. The zero-order chi connectivity index (χ0) is 20.8. The molecule has 1 aliphatic heterocycles. The van der Waals surface area contributed by atoms with E-state index in [4.69, 9.17) is 4.74 Å². The zero-order valence-corrected chi connectivity index (χ0v) is 17.8. The van der Waals surface area contributed by atoms with Gasteiger partial charge < -0.3 is 14.7 Å². The normalized spacial score (nSPS) is 19.8. The Balaban J connectivity index is 1.85. The molecular formula is C25H33NO3. The molecule has 29 heavy (non-hydrogen) atoms. The summed E-state index contributed by atoms with van der Waals surface area (Å²) >= 11 is 0. The van der Waals surface area contributed by atoms with Crippen LogP contribution in [0, 0.1) is 5.92 Å². The second-order valence-electron chi connectivity index (χ2n) is 8.65. The van der Waals surface area contributed by atoms with Gasteiger partial charge in [-0.1, -0.05) is 68.4 Å². The first-order valence-electron chi connectivity index (χ1n) is 10.7. The standard InChI is InChI=1S/C25H33NO3/c1-18(2)16-23(25(27)28)29-24(20-8-5-4-6-9-20)21-13-11-19(12-14-21)22-10-7-15-26(3)17-22/h4-6,8-9,11-14,18,22-24H,7,10,15-17H2,1-3H3,(H,27,28)/t22?,23-,24?/m0/s1. The van der Waals surface area contributed by atoms with Crippen molar-refractivity contribution in [1.29, 1.82) is 0 Å². The number of nitrogens with zero attached hydrogens (tertiary/aromatic N) is 1. The molecule has 4 nitrogen and oxygen atoms in total. The molecule has 2 aromatic carbocycles. The van der Waals surface area contributed by atoms with Crippen LogP contribution in [0.2, 0.25) is 0 Å². The number of carboxylic acid groups (broad SMARTS) is 1. The minimum atomic E-state index is -0.901. The Labute approximate surface area is 174 Å². The average Bonchev–Trinajstić information content (AvgIpc) is 2.71. The molecule has 0 aromatic heterocycles. The molecule has 0 amide bonds. The number of hydrogen-bond acceptors (Lipinski definition) is 3. The quantitative estimate of drug-likeness (QED) is 0.675.